The molecule has 1 fully saturated rings. The molecule has 5 atom stereocenters. The molecule has 0 aromatic heterocycles. The average Bonchev–Trinajstić information content (AvgIpc) is 2.67. The molecule has 7 heteroatoms. The summed E-state index contributed by atoms with van der Waals surface area (Å²) in [7, 11) is 1.56. The van der Waals surface area contributed by atoms with E-state index in [-0.39, 0.29) is 12.0 Å². The normalized spacial score (nSPS) is 43.0. The minimum Gasteiger partial charge on any atom is -0.394 e. The Bertz CT molecular complexity index is 287. The maximum atomic E-state index is 9.83. The van der Waals surface area contributed by atoms with Crippen molar-refractivity contribution in [2.45, 2.75) is 29.8 Å². The fourth-order valence-electron chi connectivity index (χ4n) is 1.83. The van der Waals surface area contributed by atoms with Gasteiger partial charge in [0.15, 0.2) is 0 Å². The lowest BCUT2D eigenvalue weighted by Gasteiger charge is -2.37. The quantitative estimate of drug-likeness (QED) is 0.569. The summed E-state index contributed by atoms with van der Waals surface area (Å²) in [6.07, 6.45) is -2.85. The number of hydrogen-bond acceptors (Lipinski definition) is 7. The molecule has 0 saturated carbocycles. The van der Waals surface area contributed by atoms with Gasteiger partial charge in [-0.1, -0.05) is 11.8 Å². The lowest BCUT2D eigenvalue weighted by Crippen LogP contribution is -2.55. The SMILES string of the molecule is COCC1=N[C@@H]2[C@@H](O)[C@H](O)[C@@H](CO)O[C@@H]2S1. The van der Waals surface area contributed by atoms with Gasteiger partial charge in [0, 0.05) is 7.11 Å². The van der Waals surface area contributed by atoms with Crippen molar-refractivity contribution in [3.8, 4) is 0 Å². The van der Waals surface area contributed by atoms with E-state index in [0.29, 0.717) is 6.61 Å². The molecule has 0 amide bonds. The number of thioether (sulfide) groups is 1. The molecule has 2 rings (SSSR count). The summed E-state index contributed by atoms with van der Waals surface area (Å²) in [4.78, 5) is 4.24. The summed E-state index contributed by atoms with van der Waals surface area (Å²) in [5.74, 6) is 0. The van der Waals surface area contributed by atoms with Gasteiger partial charge in [0.2, 0.25) is 0 Å². The Morgan fingerprint density at radius 2 is 2.19 bits per heavy atom. The van der Waals surface area contributed by atoms with Crippen LogP contribution in [0.15, 0.2) is 4.99 Å². The van der Waals surface area contributed by atoms with Crippen molar-refractivity contribution >= 4 is 16.8 Å². The van der Waals surface area contributed by atoms with Gasteiger partial charge < -0.3 is 24.8 Å². The van der Waals surface area contributed by atoms with Crippen molar-refractivity contribution in [3.05, 3.63) is 0 Å². The van der Waals surface area contributed by atoms with Crippen LogP contribution in [0.4, 0.5) is 0 Å². The van der Waals surface area contributed by atoms with Gasteiger partial charge in [-0.2, -0.15) is 0 Å². The molecule has 2 aliphatic heterocycles. The molecule has 6 nitrogen and oxygen atoms in total. The van der Waals surface area contributed by atoms with Gasteiger partial charge >= 0.3 is 0 Å². The van der Waals surface area contributed by atoms with Crippen molar-refractivity contribution in [3.63, 3.8) is 0 Å². The van der Waals surface area contributed by atoms with Crippen LogP contribution in [0.25, 0.3) is 0 Å². The third-order valence-corrected chi connectivity index (χ3v) is 3.78. The smallest absolute Gasteiger partial charge is 0.134 e. The van der Waals surface area contributed by atoms with Crippen molar-refractivity contribution in [1.29, 1.82) is 0 Å². The molecular weight excluding hydrogens is 234 g/mol. The highest BCUT2D eigenvalue weighted by atomic mass is 32.2. The standard InChI is InChI=1S/C9H15NO5S/c1-14-3-5-10-6-8(13)7(12)4(2-11)15-9(6)16-5/h4,6-9,11-13H,2-3H2,1H3/t4-,6-,7-,8-,9-/m1/s1. The Kier molecular flexibility index (Phi) is 3.83. The molecule has 0 aliphatic carbocycles. The van der Waals surface area contributed by atoms with Gasteiger partial charge in [0.1, 0.15) is 29.8 Å². The first-order valence-corrected chi connectivity index (χ1v) is 5.90. The molecule has 0 aromatic carbocycles. The second-order valence-corrected chi connectivity index (χ2v) is 4.94. The molecule has 3 N–H and O–H groups in total. The predicted molar refractivity (Wildman–Crippen MR) is 58.5 cm³/mol. The van der Waals surface area contributed by atoms with Crippen LogP contribution in [0.2, 0.25) is 0 Å². The van der Waals surface area contributed by atoms with Crippen molar-refractivity contribution in [2.75, 3.05) is 20.3 Å². The van der Waals surface area contributed by atoms with Crippen LogP contribution < -0.4 is 0 Å². The highest BCUT2D eigenvalue weighted by molar-refractivity contribution is 8.14. The van der Waals surface area contributed by atoms with Crippen LogP contribution in [0.1, 0.15) is 0 Å². The highest BCUT2D eigenvalue weighted by Gasteiger charge is 2.47. The fourth-order valence-corrected chi connectivity index (χ4v) is 3.02. The number of hydrogen-bond donors (Lipinski definition) is 3. The lowest BCUT2D eigenvalue weighted by atomic mass is 9.99. The number of rotatable bonds is 3. The summed E-state index contributed by atoms with van der Waals surface area (Å²) in [5.41, 5.74) is -0.347. The first kappa shape index (κ1) is 12.3. The van der Waals surface area contributed by atoms with Gasteiger partial charge in [-0.3, -0.25) is 4.99 Å². The third-order valence-electron chi connectivity index (χ3n) is 2.66. The molecule has 0 unspecified atom stereocenters. The second-order valence-electron chi connectivity index (χ2n) is 3.77. The van der Waals surface area contributed by atoms with Crippen LogP contribution in [0.5, 0.6) is 0 Å². The minimum atomic E-state index is -1.10. The number of aliphatic imine (C=N–C) groups is 1. The van der Waals surface area contributed by atoms with E-state index in [4.69, 9.17) is 14.6 Å². The van der Waals surface area contributed by atoms with Crippen LogP contribution in [0.3, 0.4) is 0 Å². The summed E-state index contributed by atoms with van der Waals surface area (Å²) in [6, 6.07) is -0.479. The summed E-state index contributed by atoms with van der Waals surface area (Å²) >= 11 is 1.36. The van der Waals surface area contributed by atoms with Gasteiger partial charge in [-0.25, -0.2) is 0 Å². The first-order valence-electron chi connectivity index (χ1n) is 5.02. The first-order chi connectivity index (χ1) is 7.67. The molecule has 1 saturated heterocycles. The van der Waals surface area contributed by atoms with Crippen LogP contribution in [-0.2, 0) is 9.47 Å². The number of methoxy groups -OCH3 is 1. The molecule has 2 heterocycles. The van der Waals surface area contributed by atoms with E-state index in [1.807, 2.05) is 0 Å². The summed E-state index contributed by atoms with van der Waals surface area (Å²) in [6.45, 7) is 0.0508. The zero-order valence-electron chi connectivity index (χ0n) is 8.81. The van der Waals surface area contributed by atoms with E-state index < -0.39 is 24.4 Å². The van der Waals surface area contributed by atoms with Crippen molar-refractivity contribution in [2.24, 2.45) is 4.99 Å². The topological polar surface area (TPSA) is 91.5 Å². The Morgan fingerprint density at radius 1 is 1.44 bits per heavy atom. The largest absolute Gasteiger partial charge is 0.394 e. The Morgan fingerprint density at radius 3 is 2.81 bits per heavy atom. The molecule has 0 bridgehead atoms. The van der Waals surface area contributed by atoms with Crippen LogP contribution in [0, 0.1) is 0 Å². The molecule has 92 valence electrons. The predicted octanol–water partition coefficient (Wildman–Crippen LogP) is -1.41. The molecule has 0 radical (unpaired) electrons. The van der Waals surface area contributed by atoms with E-state index in [9.17, 15) is 10.2 Å². The minimum absolute atomic E-state index is 0.318. The number of nitrogens with zero attached hydrogens (tertiary/aromatic N) is 1. The van der Waals surface area contributed by atoms with E-state index in [0.717, 1.165) is 5.04 Å². The van der Waals surface area contributed by atoms with Crippen molar-refractivity contribution in [1.82, 2.24) is 0 Å². The lowest BCUT2D eigenvalue weighted by molar-refractivity contribution is -0.164. The van der Waals surface area contributed by atoms with Gasteiger partial charge in [-0.15, -0.1) is 0 Å². The maximum absolute atomic E-state index is 9.83. The molecule has 0 aromatic rings. The van der Waals surface area contributed by atoms with Crippen molar-refractivity contribution < 1.29 is 24.8 Å². The molecule has 2 aliphatic rings. The Hall–Kier alpha value is -0.180. The average molecular weight is 249 g/mol. The zero-order chi connectivity index (χ0) is 11.7. The molecular formula is C9H15NO5S. The summed E-state index contributed by atoms with van der Waals surface area (Å²) < 4.78 is 10.4. The van der Waals surface area contributed by atoms with Gasteiger partial charge in [0.05, 0.1) is 18.3 Å². The van der Waals surface area contributed by atoms with E-state index in [1.165, 1.54) is 11.8 Å². The molecule has 16 heavy (non-hydrogen) atoms. The van der Waals surface area contributed by atoms with E-state index in [2.05, 4.69) is 4.99 Å². The van der Waals surface area contributed by atoms with Gasteiger partial charge in [-0.05, 0) is 0 Å². The Labute approximate surface area is 97.3 Å². The third kappa shape index (κ3) is 2.11. The number of fused-ring (bicyclic) bond motifs is 1. The van der Waals surface area contributed by atoms with E-state index in [1.54, 1.807) is 7.11 Å². The van der Waals surface area contributed by atoms with Crippen LogP contribution >= 0.6 is 11.8 Å². The zero-order valence-corrected chi connectivity index (χ0v) is 9.63. The van der Waals surface area contributed by atoms with E-state index >= 15 is 0 Å². The van der Waals surface area contributed by atoms with Crippen LogP contribution in [-0.4, -0.2) is 70.5 Å². The number of ether oxygens (including phenoxy) is 2. The fraction of sp³-hybridized carbons (Fsp3) is 0.889. The number of aliphatic hydroxyl groups excluding tert-OH is 3. The Balaban J connectivity index is 2.08. The monoisotopic (exact) mass is 249 g/mol. The summed E-state index contributed by atoms with van der Waals surface area (Å²) in [5, 5.41) is 29.2. The highest BCUT2D eigenvalue weighted by Crippen LogP contribution is 2.36. The molecule has 0 spiro atoms. The maximum Gasteiger partial charge on any atom is 0.134 e. The number of aliphatic hydroxyl groups is 3. The van der Waals surface area contributed by atoms with Gasteiger partial charge in [0.25, 0.3) is 0 Å². The second kappa shape index (κ2) is 4.99.